The maximum absolute atomic E-state index is 5.63. The van der Waals surface area contributed by atoms with Gasteiger partial charge in [0.2, 0.25) is 0 Å². The Balaban J connectivity index is 2.78. The molecule has 0 saturated heterocycles. The van der Waals surface area contributed by atoms with Crippen molar-refractivity contribution in [2.24, 2.45) is 0 Å². The molecule has 1 rings (SSSR count). The highest BCUT2D eigenvalue weighted by Crippen LogP contribution is 2.11. The average molecular weight is 182 g/mol. The van der Waals surface area contributed by atoms with Crippen LogP contribution in [0.15, 0.2) is 6.07 Å². The quantitative estimate of drug-likeness (QED) is 0.734. The molecule has 0 unspecified atom stereocenters. The number of hydrogen-bond acceptors (Lipinski definition) is 3. The van der Waals surface area contributed by atoms with Crippen LogP contribution in [0.4, 0.5) is 5.82 Å². The minimum Gasteiger partial charge on any atom is -0.382 e. The second kappa shape index (κ2) is 4.28. The number of rotatable bonds is 4. The third-order valence-corrected chi connectivity index (χ3v) is 1.88. The summed E-state index contributed by atoms with van der Waals surface area (Å²) < 4.78 is 1.96. The molecule has 4 nitrogen and oxygen atoms in total. The molecule has 0 aliphatic carbocycles. The molecule has 0 amide bonds. The molecule has 0 saturated carbocycles. The number of aromatic nitrogens is 2. The third kappa shape index (κ3) is 2.45. The number of hydrogen-bond donors (Lipinski definition) is 2. The topological polar surface area (TPSA) is 55.9 Å². The molecule has 4 heteroatoms. The van der Waals surface area contributed by atoms with Crippen molar-refractivity contribution in [1.29, 1.82) is 0 Å². The van der Waals surface area contributed by atoms with Crippen LogP contribution in [0.3, 0.4) is 0 Å². The lowest BCUT2D eigenvalue weighted by molar-refractivity contribution is 0.499. The standard InChI is InChI=1S/C9H18N4/c1-4-11-6-8-5-9(10)12-13(8)7(2)3/h5,7,11H,4,6H2,1-3H3,(H2,10,12). The van der Waals surface area contributed by atoms with Gasteiger partial charge >= 0.3 is 0 Å². The lowest BCUT2D eigenvalue weighted by Gasteiger charge is -2.10. The van der Waals surface area contributed by atoms with Crippen molar-refractivity contribution in [3.8, 4) is 0 Å². The van der Waals surface area contributed by atoms with Crippen LogP contribution in [0, 0.1) is 0 Å². The van der Waals surface area contributed by atoms with Crippen molar-refractivity contribution in [2.45, 2.75) is 33.4 Å². The molecule has 13 heavy (non-hydrogen) atoms. The molecule has 0 aliphatic heterocycles. The van der Waals surface area contributed by atoms with E-state index in [-0.39, 0.29) is 0 Å². The Hall–Kier alpha value is -1.03. The first-order valence-corrected chi connectivity index (χ1v) is 4.69. The molecule has 0 spiro atoms. The molecule has 1 aromatic heterocycles. The van der Waals surface area contributed by atoms with E-state index in [1.165, 1.54) is 0 Å². The van der Waals surface area contributed by atoms with Gasteiger partial charge in [-0.2, -0.15) is 5.10 Å². The molecular weight excluding hydrogens is 164 g/mol. The van der Waals surface area contributed by atoms with Gasteiger partial charge in [0, 0.05) is 18.7 Å². The molecule has 1 aromatic rings. The van der Waals surface area contributed by atoms with Gasteiger partial charge in [-0.05, 0) is 20.4 Å². The van der Waals surface area contributed by atoms with Gasteiger partial charge in [-0.3, -0.25) is 4.68 Å². The first kappa shape index (κ1) is 10.1. The highest BCUT2D eigenvalue weighted by molar-refractivity contribution is 5.29. The van der Waals surface area contributed by atoms with Crippen LogP contribution >= 0.6 is 0 Å². The van der Waals surface area contributed by atoms with Crippen molar-refractivity contribution in [3.05, 3.63) is 11.8 Å². The maximum atomic E-state index is 5.63. The van der Waals surface area contributed by atoms with Crippen LogP contribution in [0.25, 0.3) is 0 Å². The number of nitrogen functional groups attached to an aromatic ring is 1. The van der Waals surface area contributed by atoms with E-state index in [4.69, 9.17) is 5.73 Å². The second-order valence-electron chi connectivity index (χ2n) is 3.38. The smallest absolute Gasteiger partial charge is 0.145 e. The Labute approximate surface area is 79.1 Å². The van der Waals surface area contributed by atoms with E-state index in [9.17, 15) is 0 Å². The summed E-state index contributed by atoms with van der Waals surface area (Å²) in [5, 5.41) is 7.47. The lowest BCUT2D eigenvalue weighted by Crippen LogP contribution is -2.17. The summed E-state index contributed by atoms with van der Waals surface area (Å²) in [6.07, 6.45) is 0. The predicted octanol–water partition coefficient (Wildman–Crippen LogP) is 1.16. The molecule has 74 valence electrons. The minimum absolute atomic E-state index is 0.367. The monoisotopic (exact) mass is 182 g/mol. The van der Waals surface area contributed by atoms with E-state index in [0.29, 0.717) is 11.9 Å². The molecule has 0 fully saturated rings. The highest BCUT2D eigenvalue weighted by Gasteiger charge is 2.07. The largest absolute Gasteiger partial charge is 0.382 e. The number of nitrogens with zero attached hydrogens (tertiary/aromatic N) is 2. The van der Waals surface area contributed by atoms with Crippen molar-refractivity contribution in [2.75, 3.05) is 12.3 Å². The Bertz CT molecular complexity index is 265. The first-order chi connectivity index (χ1) is 6.15. The van der Waals surface area contributed by atoms with Crippen LogP contribution < -0.4 is 11.1 Å². The van der Waals surface area contributed by atoms with E-state index < -0.39 is 0 Å². The minimum atomic E-state index is 0.367. The van der Waals surface area contributed by atoms with E-state index in [0.717, 1.165) is 18.8 Å². The predicted molar refractivity (Wildman–Crippen MR) is 54.4 cm³/mol. The fourth-order valence-electron chi connectivity index (χ4n) is 1.29. The number of nitrogens with one attached hydrogen (secondary N) is 1. The van der Waals surface area contributed by atoms with Crippen molar-refractivity contribution >= 4 is 5.82 Å². The van der Waals surface area contributed by atoms with Crippen molar-refractivity contribution < 1.29 is 0 Å². The van der Waals surface area contributed by atoms with E-state index >= 15 is 0 Å². The molecule has 1 heterocycles. The number of nitrogens with two attached hydrogens (primary N) is 1. The van der Waals surface area contributed by atoms with Crippen molar-refractivity contribution in [3.63, 3.8) is 0 Å². The third-order valence-electron chi connectivity index (χ3n) is 1.88. The SMILES string of the molecule is CCNCc1cc(N)nn1C(C)C. The summed E-state index contributed by atoms with van der Waals surface area (Å²) in [6.45, 7) is 8.07. The van der Waals surface area contributed by atoms with Gasteiger partial charge in [0.25, 0.3) is 0 Å². The first-order valence-electron chi connectivity index (χ1n) is 4.69. The van der Waals surface area contributed by atoms with Crippen LogP contribution in [0.1, 0.15) is 32.5 Å². The van der Waals surface area contributed by atoms with Gasteiger partial charge in [0.05, 0.1) is 5.69 Å². The molecule has 0 aliphatic rings. The average Bonchev–Trinajstić information content (AvgIpc) is 2.43. The van der Waals surface area contributed by atoms with Gasteiger partial charge in [-0.1, -0.05) is 6.92 Å². The van der Waals surface area contributed by atoms with Crippen LogP contribution in [0.2, 0.25) is 0 Å². The van der Waals surface area contributed by atoms with Gasteiger partial charge < -0.3 is 11.1 Å². The van der Waals surface area contributed by atoms with Gasteiger partial charge in [0.15, 0.2) is 0 Å². The molecule has 0 radical (unpaired) electrons. The number of anilines is 1. The molecule has 0 aromatic carbocycles. The molecule has 0 bridgehead atoms. The lowest BCUT2D eigenvalue weighted by atomic mass is 10.3. The van der Waals surface area contributed by atoms with Crippen LogP contribution in [-0.4, -0.2) is 16.3 Å². The summed E-state index contributed by atoms with van der Waals surface area (Å²) in [5.41, 5.74) is 6.78. The van der Waals surface area contributed by atoms with Crippen LogP contribution in [0.5, 0.6) is 0 Å². The normalized spacial score (nSPS) is 11.1. The molecule has 3 N–H and O–H groups in total. The van der Waals surface area contributed by atoms with E-state index in [2.05, 4.69) is 31.2 Å². The fourth-order valence-corrected chi connectivity index (χ4v) is 1.29. The van der Waals surface area contributed by atoms with Gasteiger partial charge in [0.1, 0.15) is 5.82 Å². The second-order valence-corrected chi connectivity index (χ2v) is 3.38. The van der Waals surface area contributed by atoms with Crippen molar-refractivity contribution in [1.82, 2.24) is 15.1 Å². The molecule has 0 atom stereocenters. The van der Waals surface area contributed by atoms with Crippen LogP contribution in [-0.2, 0) is 6.54 Å². The summed E-state index contributed by atoms with van der Waals surface area (Å²) in [4.78, 5) is 0. The summed E-state index contributed by atoms with van der Waals surface area (Å²) in [5.74, 6) is 0.599. The summed E-state index contributed by atoms with van der Waals surface area (Å²) in [7, 11) is 0. The maximum Gasteiger partial charge on any atom is 0.145 e. The zero-order valence-electron chi connectivity index (χ0n) is 8.54. The Morgan fingerprint density at radius 3 is 2.85 bits per heavy atom. The zero-order valence-corrected chi connectivity index (χ0v) is 8.54. The van der Waals surface area contributed by atoms with E-state index in [1.807, 2.05) is 10.7 Å². The van der Waals surface area contributed by atoms with Gasteiger partial charge in [-0.25, -0.2) is 0 Å². The summed E-state index contributed by atoms with van der Waals surface area (Å²) in [6, 6.07) is 2.29. The molecular formula is C9H18N4. The van der Waals surface area contributed by atoms with E-state index in [1.54, 1.807) is 0 Å². The highest BCUT2D eigenvalue weighted by atomic mass is 15.3. The van der Waals surface area contributed by atoms with Gasteiger partial charge in [-0.15, -0.1) is 0 Å². The summed E-state index contributed by atoms with van der Waals surface area (Å²) >= 11 is 0. The zero-order chi connectivity index (χ0) is 9.84. The Morgan fingerprint density at radius 2 is 2.31 bits per heavy atom. The Kier molecular flexibility index (Phi) is 3.31. The Morgan fingerprint density at radius 1 is 1.62 bits per heavy atom. The fraction of sp³-hybridized carbons (Fsp3) is 0.667.